The monoisotopic (exact) mass is 312 g/mol. The molecule has 0 spiro atoms. The molecule has 2 N–H and O–H groups in total. The Labute approximate surface area is 120 Å². The molecule has 1 heterocycles. The van der Waals surface area contributed by atoms with Crippen LogP contribution in [0.5, 0.6) is 0 Å². The third-order valence-corrected chi connectivity index (χ3v) is 3.34. The number of alkyl halides is 3. The van der Waals surface area contributed by atoms with E-state index in [1.165, 1.54) is 13.8 Å². The number of carbonyl (C=O) groups is 2. The highest BCUT2D eigenvalue weighted by molar-refractivity contribution is 5.86. The molecule has 0 aliphatic carbocycles. The minimum Gasteiger partial charge on any atom is -0.480 e. The zero-order valence-electron chi connectivity index (χ0n) is 11.9. The van der Waals surface area contributed by atoms with Crippen molar-refractivity contribution in [2.75, 3.05) is 19.8 Å². The van der Waals surface area contributed by atoms with E-state index >= 15 is 0 Å². The summed E-state index contributed by atoms with van der Waals surface area (Å²) in [7, 11) is 0. The summed E-state index contributed by atoms with van der Waals surface area (Å²) >= 11 is 0. The Balaban J connectivity index is 2.86. The van der Waals surface area contributed by atoms with Crippen molar-refractivity contribution in [1.82, 2.24) is 10.2 Å². The summed E-state index contributed by atoms with van der Waals surface area (Å²) in [6.45, 7) is 1.70. The van der Waals surface area contributed by atoms with Crippen molar-refractivity contribution in [3.05, 3.63) is 0 Å². The number of hydrogen-bond donors (Lipinski definition) is 2. The molecule has 1 fully saturated rings. The van der Waals surface area contributed by atoms with Crippen molar-refractivity contribution >= 4 is 12.0 Å². The van der Waals surface area contributed by atoms with Gasteiger partial charge in [0.25, 0.3) is 0 Å². The number of halogens is 3. The molecule has 0 aromatic carbocycles. The predicted molar refractivity (Wildman–Crippen MR) is 66.8 cm³/mol. The molecular formula is C12H19F3N2O4. The van der Waals surface area contributed by atoms with Crippen molar-refractivity contribution < 1.29 is 32.6 Å². The molecule has 0 unspecified atom stereocenters. The van der Waals surface area contributed by atoms with Crippen LogP contribution >= 0.6 is 0 Å². The van der Waals surface area contributed by atoms with Crippen molar-refractivity contribution in [2.24, 2.45) is 0 Å². The van der Waals surface area contributed by atoms with Gasteiger partial charge in [-0.2, -0.15) is 13.2 Å². The van der Waals surface area contributed by atoms with Crippen LogP contribution < -0.4 is 5.32 Å². The van der Waals surface area contributed by atoms with E-state index in [4.69, 9.17) is 4.74 Å². The number of ether oxygens (including phenoxy) is 1. The first-order chi connectivity index (χ1) is 9.57. The molecule has 1 saturated heterocycles. The maximum atomic E-state index is 12.5. The van der Waals surface area contributed by atoms with Crippen molar-refractivity contribution in [1.29, 1.82) is 0 Å². The molecule has 122 valence electrons. The van der Waals surface area contributed by atoms with E-state index < -0.39 is 36.3 Å². The Morgan fingerprint density at radius 1 is 1.33 bits per heavy atom. The largest absolute Gasteiger partial charge is 0.480 e. The Hall–Kier alpha value is -1.51. The van der Waals surface area contributed by atoms with Gasteiger partial charge in [0.05, 0.1) is 0 Å². The maximum absolute atomic E-state index is 12.5. The normalized spacial score (nSPS) is 18.4. The lowest BCUT2D eigenvalue weighted by Crippen LogP contribution is -2.61. The van der Waals surface area contributed by atoms with Crippen molar-refractivity contribution in [3.8, 4) is 0 Å². The Kier molecular flexibility index (Phi) is 5.43. The number of carboxylic acids is 1. The van der Waals surface area contributed by atoms with E-state index in [-0.39, 0.29) is 26.1 Å². The quantitative estimate of drug-likeness (QED) is 0.826. The number of aliphatic carboxylic acids is 1. The van der Waals surface area contributed by atoms with E-state index in [1.807, 2.05) is 0 Å². The zero-order chi connectivity index (χ0) is 16.3. The number of hydrogen-bond acceptors (Lipinski definition) is 3. The Morgan fingerprint density at radius 2 is 1.86 bits per heavy atom. The number of amides is 2. The van der Waals surface area contributed by atoms with Crippen LogP contribution in [0.1, 0.15) is 26.7 Å². The van der Waals surface area contributed by atoms with Crippen LogP contribution in [0.2, 0.25) is 0 Å². The maximum Gasteiger partial charge on any atom is 0.406 e. The first-order valence-electron chi connectivity index (χ1n) is 6.54. The average molecular weight is 312 g/mol. The second-order valence-corrected chi connectivity index (χ2v) is 5.27. The molecule has 21 heavy (non-hydrogen) atoms. The smallest absolute Gasteiger partial charge is 0.406 e. The number of urea groups is 1. The molecule has 0 saturated carbocycles. The van der Waals surface area contributed by atoms with Gasteiger partial charge in [-0.05, 0) is 13.8 Å². The number of nitrogens with one attached hydrogen (secondary N) is 1. The van der Waals surface area contributed by atoms with Crippen LogP contribution in [-0.2, 0) is 9.53 Å². The molecule has 9 heteroatoms. The Morgan fingerprint density at radius 3 is 2.24 bits per heavy atom. The third-order valence-electron chi connectivity index (χ3n) is 3.34. The van der Waals surface area contributed by atoms with Crippen LogP contribution in [0.4, 0.5) is 18.0 Å². The first-order valence-corrected chi connectivity index (χ1v) is 6.54. The highest BCUT2D eigenvalue weighted by Crippen LogP contribution is 2.23. The number of rotatable bonds is 4. The van der Waals surface area contributed by atoms with E-state index in [9.17, 15) is 27.9 Å². The standard InChI is InChI=1S/C12H19F3N2O4/c1-8(2)17(7-12(13,14)15)10(20)16-11(9(18)19)3-5-21-6-4-11/h8H,3-7H2,1-2H3,(H,16,20)(H,18,19). The molecule has 0 aromatic rings. The topological polar surface area (TPSA) is 78.9 Å². The predicted octanol–water partition coefficient (Wildman–Crippen LogP) is 1.60. The summed E-state index contributed by atoms with van der Waals surface area (Å²) in [5.41, 5.74) is -1.58. The fourth-order valence-corrected chi connectivity index (χ4v) is 2.07. The number of nitrogens with zero attached hydrogens (tertiary/aromatic N) is 1. The summed E-state index contributed by atoms with van der Waals surface area (Å²) < 4.78 is 42.5. The fraction of sp³-hybridized carbons (Fsp3) is 0.833. The SMILES string of the molecule is CC(C)N(CC(F)(F)F)C(=O)NC1(C(=O)O)CCOCC1. The lowest BCUT2D eigenvalue weighted by Gasteiger charge is -2.37. The van der Waals surface area contributed by atoms with Gasteiger partial charge in [-0.3, -0.25) is 0 Å². The van der Waals surface area contributed by atoms with Gasteiger partial charge in [0.2, 0.25) is 0 Å². The summed E-state index contributed by atoms with van der Waals surface area (Å²) in [5.74, 6) is -1.27. The van der Waals surface area contributed by atoms with E-state index in [1.54, 1.807) is 0 Å². The van der Waals surface area contributed by atoms with Gasteiger partial charge < -0.3 is 20.1 Å². The third kappa shape index (κ3) is 4.76. The summed E-state index contributed by atoms with van der Waals surface area (Å²) in [5, 5.41) is 11.5. The van der Waals surface area contributed by atoms with Crippen LogP contribution in [0.3, 0.4) is 0 Å². The molecular weight excluding hydrogens is 293 g/mol. The molecule has 6 nitrogen and oxygen atoms in total. The van der Waals surface area contributed by atoms with Crippen LogP contribution in [0, 0.1) is 0 Å². The van der Waals surface area contributed by atoms with Gasteiger partial charge in [-0.25, -0.2) is 9.59 Å². The fourth-order valence-electron chi connectivity index (χ4n) is 2.07. The average Bonchev–Trinajstić information content (AvgIpc) is 2.35. The summed E-state index contributed by atoms with van der Waals surface area (Å²) in [6.07, 6.45) is -4.51. The van der Waals surface area contributed by atoms with Crippen LogP contribution in [-0.4, -0.2) is 59.5 Å². The lowest BCUT2D eigenvalue weighted by atomic mass is 9.90. The molecule has 0 bridgehead atoms. The minimum absolute atomic E-state index is 0.0199. The lowest BCUT2D eigenvalue weighted by molar-refractivity contribution is -0.149. The summed E-state index contributed by atoms with van der Waals surface area (Å²) in [6, 6.07) is -1.75. The number of carbonyl (C=O) groups excluding carboxylic acids is 1. The zero-order valence-corrected chi connectivity index (χ0v) is 11.9. The number of carboxylic acid groups (broad SMARTS) is 1. The van der Waals surface area contributed by atoms with E-state index in [0.717, 1.165) is 0 Å². The van der Waals surface area contributed by atoms with Gasteiger partial charge >= 0.3 is 18.2 Å². The molecule has 0 aromatic heterocycles. The summed E-state index contributed by atoms with van der Waals surface area (Å²) in [4.78, 5) is 24.0. The van der Waals surface area contributed by atoms with Gasteiger partial charge in [0.1, 0.15) is 12.1 Å². The highest BCUT2D eigenvalue weighted by atomic mass is 19.4. The van der Waals surface area contributed by atoms with Crippen LogP contribution in [0.15, 0.2) is 0 Å². The Bertz CT molecular complexity index is 392. The van der Waals surface area contributed by atoms with Crippen molar-refractivity contribution in [2.45, 2.75) is 44.4 Å². The van der Waals surface area contributed by atoms with Gasteiger partial charge in [-0.15, -0.1) is 0 Å². The second-order valence-electron chi connectivity index (χ2n) is 5.27. The molecule has 2 amide bonds. The molecule has 1 aliphatic heterocycles. The van der Waals surface area contributed by atoms with Crippen LogP contribution in [0.25, 0.3) is 0 Å². The second kappa shape index (κ2) is 6.50. The highest BCUT2D eigenvalue weighted by Gasteiger charge is 2.44. The van der Waals surface area contributed by atoms with E-state index in [2.05, 4.69) is 5.32 Å². The molecule has 0 radical (unpaired) electrons. The molecule has 1 aliphatic rings. The van der Waals surface area contributed by atoms with Gasteiger partial charge in [0.15, 0.2) is 0 Å². The molecule has 1 rings (SSSR count). The minimum atomic E-state index is -4.55. The van der Waals surface area contributed by atoms with Crippen molar-refractivity contribution in [3.63, 3.8) is 0 Å². The molecule has 0 atom stereocenters. The van der Waals surface area contributed by atoms with Gasteiger partial charge in [-0.1, -0.05) is 0 Å². The van der Waals surface area contributed by atoms with Gasteiger partial charge in [0, 0.05) is 32.1 Å². The van der Waals surface area contributed by atoms with E-state index in [0.29, 0.717) is 4.90 Å². The first kappa shape index (κ1) is 17.5.